The first-order valence-electron chi connectivity index (χ1n) is 6.62. The zero-order valence-electron chi connectivity index (χ0n) is 11.8. The minimum atomic E-state index is 0.127. The summed E-state index contributed by atoms with van der Waals surface area (Å²) in [5.74, 6) is 6.15. The highest BCUT2D eigenvalue weighted by Gasteiger charge is 2.14. The lowest BCUT2D eigenvalue weighted by atomic mass is 10.2. The number of thiophene rings is 2. The van der Waals surface area contributed by atoms with Gasteiger partial charge in [0, 0.05) is 34.3 Å². The lowest BCUT2D eigenvalue weighted by Crippen LogP contribution is -2.21. The molecule has 0 aliphatic rings. The van der Waals surface area contributed by atoms with Gasteiger partial charge in [-0.15, -0.1) is 22.7 Å². The maximum Gasteiger partial charge on any atom is 0.0540 e. The molecule has 106 valence electrons. The molecule has 2 aromatic rings. The van der Waals surface area contributed by atoms with Crippen LogP contribution in [0.25, 0.3) is 0 Å². The highest BCUT2D eigenvalue weighted by atomic mass is 32.1. The van der Waals surface area contributed by atoms with Gasteiger partial charge in [-0.05, 0) is 36.9 Å². The molecule has 0 aromatic carbocycles. The first kappa shape index (κ1) is 15.3. The van der Waals surface area contributed by atoms with Crippen molar-refractivity contribution in [3.05, 3.63) is 44.3 Å². The molecule has 2 rings (SSSR count). The van der Waals surface area contributed by atoms with Crippen LogP contribution in [-0.4, -0.2) is 23.7 Å². The van der Waals surface area contributed by atoms with E-state index in [-0.39, 0.29) is 6.61 Å². The SMILES string of the molecule is CC(c1cccs1)N(C)Cc1sccc1C#CCCO. The van der Waals surface area contributed by atoms with Gasteiger partial charge in [-0.3, -0.25) is 4.90 Å². The standard InChI is InChI=1S/C16H19NOS2/c1-13(15-7-5-10-19-15)17(2)12-16-14(8-11-20-16)6-3-4-9-18/h5,7-8,10-11,13,18H,4,9,12H2,1-2H3. The maximum absolute atomic E-state index is 8.78. The molecule has 20 heavy (non-hydrogen) atoms. The number of aliphatic hydroxyl groups is 1. The average molecular weight is 305 g/mol. The molecule has 0 aliphatic heterocycles. The molecule has 0 spiro atoms. The molecule has 0 amide bonds. The number of rotatable bonds is 5. The van der Waals surface area contributed by atoms with E-state index in [4.69, 9.17) is 5.11 Å². The number of hydrogen-bond acceptors (Lipinski definition) is 4. The van der Waals surface area contributed by atoms with Gasteiger partial charge in [-0.2, -0.15) is 0 Å². The molecule has 2 nitrogen and oxygen atoms in total. The lowest BCUT2D eigenvalue weighted by molar-refractivity contribution is 0.258. The van der Waals surface area contributed by atoms with Crippen molar-refractivity contribution in [3.8, 4) is 11.8 Å². The van der Waals surface area contributed by atoms with Crippen molar-refractivity contribution in [1.29, 1.82) is 0 Å². The van der Waals surface area contributed by atoms with Gasteiger partial charge in [0.05, 0.1) is 6.61 Å². The van der Waals surface area contributed by atoms with E-state index < -0.39 is 0 Å². The van der Waals surface area contributed by atoms with E-state index in [2.05, 4.69) is 59.7 Å². The van der Waals surface area contributed by atoms with Crippen LogP contribution in [0, 0.1) is 11.8 Å². The summed E-state index contributed by atoms with van der Waals surface area (Å²) in [5, 5.41) is 13.0. The van der Waals surface area contributed by atoms with Crippen LogP contribution < -0.4 is 0 Å². The third-order valence-electron chi connectivity index (χ3n) is 3.21. The fraction of sp³-hybridized carbons (Fsp3) is 0.375. The van der Waals surface area contributed by atoms with Gasteiger partial charge in [0.25, 0.3) is 0 Å². The Bertz CT molecular complexity index is 577. The molecule has 0 saturated carbocycles. The second-order valence-corrected chi connectivity index (χ2v) is 6.62. The van der Waals surface area contributed by atoms with Crippen LogP contribution in [0.1, 0.15) is 34.7 Å². The fourth-order valence-electron chi connectivity index (χ4n) is 1.90. The summed E-state index contributed by atoms with van der Waals surface area (Å²) in [6, 6.07) is 6.76. The predicted molar refractivity (Wildman–Crippen MR) is 87.1 cm³/mol. The Hall–Kier alpha value is -1.12. The number of aliphatic hydroxyl groups excluding tert-OH is 1. The van der Waals surface area contributed by atoms with Crippen LogP contribution in [0.15, 0.2) is 29.0 Å². The summed E-state index contributed by atoms with van der Waals surface area (Å²) in [7, 11) is 2.15. The molecule has 0 saturated heterocycles. The second-order valence-electron chi connectivity index (χ2n) is 4.64. The van der Waals surface area contributed by atoms with E-state index in [1.54, 1.807) is 22.7 Å². The quantitative estimate of drug-likeness (QED) is 0.851. The molecule has 1 N–H and O–H groups in total. The van der Waals surface area contributed by atoms with Gasteiger partial charge in [0.15, 0.2) is 0 Å². The average Bonchev–Trinajstić information content (AvgIpc) is 3.10. The summed E-state index contributed by atoms with van der Waals surface area (Å²) in [4.78, 5) is 5.02. The molecule has 2 aromatic heterocycles. The third kappa shape index (κ3) is 3.94. The molecule has 0 bridgehead atoms. The van der Waals surface area contributed by atoms with Gasteiger partial charge >= 0.3 is 0 Å². The van der Waals surface area contributed by atoms with Crippen molar-refractivity contribution in [2.24, 2.45) is 0 Å². The van der Waals surface area contributed by atoms with E-state index in [1.807, 2.05) is 0 Å². The smallest absolute Gasteiger partial charge is 0.0540 e. The normalized spacial score (nSPS) is 12.2. The molecular formula is C16H19NOS2. The maximum atomic E-state index is 8.78. The Kier molecular flexibility index (Phi) is 5.81. The molecule has 1 atom stereocenters. The molecule has 4 heteroatoms. The minimum Gasteiger partial charge on any atom is -0.395 e. The van der Waals surface area contributed by atoms with Crippen molar-refractivity contribution in [3.63, 3.8) is 0 Å². The number of hydrogen-bond donors (Lipinski definition) is 1. The third-order valence-corrected chi connectivity index (χ3v) is 5.16. The summed E-state index contributed by atoms with van der Waals surface area (Å²) in [6.45, 7) is 3.26. The Balaban J connectivity index is 2.03. The first-order valence-corrected chi connectivity index (χ1v) is 8.38. The highest BCUT2D eigenvalue weighted by Crippen LogP contribution is 2.26. The molecule has 2 heterocycles. The summed E-state index contributed by atoms with van der Waals surface area (Å²) in [5.41, 5.74) is 1.09. The van der Waals surface area contributed by atoms with Gasteiger partial charge in [-0.25, -0.2) is 0 Å². The van der Waals surface area contributed by atoms with E-state index in [9.17, 15) is 0 Å². The van der Waals surface area contributed by atoms with E-state index in [0.717, 1.165) is 12.1 Å². The Morgan fingerprint density at radius 2 is 2.15 bits per heavy atom. The van der Waals surface area contributed by atoms with E-state index in [1.165, 1.54) is 9.75 Å². The highest BCUT2D eigenvalue weighted by molar-refractivity contribution is 7.10. The summed E-state index contributed by atoms with van der Waals surface area (Å²) in [6.07, 6.45) is 0.538. The minimum absolute atomic E-state index is 0.127. The van der Waals surface area contributed by atoms with Gasteiger partial charge in [0.2, 0.25) is 0 Å². The van der Waals surface area contributed by atoms with Crippen LogP contribution in [0.2, 0.25) is 0 Å². The lowest BCUT2D eigenvalue weighted by Gasteiger charge is -2.23. The van der Waals surface area contributed by atoms with Crippen LogP contribution in [0.4, 0.5) is 0 Å². The van der Waals surface area contributed by atoms with E-state index >= 15 is 0 Å². The molecule has 0 radical (unpaired) electrons. The second kappa shape index (κ2) is 7.61. The van der Waals surface area contributed by atoms with Crippen LogP contribution in [0.5, 0.6) is 0 Å². The zero-order chi connectivity index (χ0) is 14.4. The van der Waals surface area contributed by atoms with E-state index in [0.29, 0.717) is 12.5 Å². The molecule has 1 unspecified atom stereocenters. The van der Waals surface area contributed by atoms with Crippen LogP contribution in [-0.2, 0) is 6.54 Å². The van der Waals surface area contributed by atoms with Gasteiger partial charge in [0.1, 0.15) is 0 Å². The Morgan fingerprint density at radius 1 is 1.30 bits per heavy atom. The van der Waals surface area contributed by atoms with Crippen molar-refractivity contribution >= 4 is 22.7 Å². The van der Waals surface area contributed by atoms with Crippen LogP contribution in [0.3, 0.4) is 0 Å². The Morgan fingerprint density at radius 3 is 2.85 bits per heavy atom. The topological polar surface area (TPSA) is 23.5 Å². The molecule has 0 aliphatic carbocycles. The van der Waals surface area contributed by atoms with Crippen molar-refractivity contribution in [1.82, 2.24) is 4.90 Å². The zero-order valence-corrected chi connectivity index (χ0v) is 13.4. The first-order chi connectivity index (χ1) is 9.72. The predicted octanol–water partition coefficient (Wildman–Crippen LogP) is 3.74. The molecular weight excluding hydrogens is 286 g/mol. The van der Waals surface area contributed by atoms with Gasteiger partial charge < -0.3 is 5.11 Å². The largest absolute Gasteiger partial charge is 0.395 e. The van der Waals surface area contributed by atoms with Gasteiger partial charge in [-0.1, -0.05) is 17.9 Å². The van der Waals surface area contributed by atoms with Crippen molar-refractivity contribution < 1.29 is 5.11 Å². The van der Waals surface area contributed by atoms with Crippen LogP contribution >= 0.6 is 22.7 Å². The van der Waals surface area contributed by atoms with Crippen molar-refractivity contribution in [2.75, 3.05) is 13.7 Å². The monoisotopic (exact) mass is 305 g/mol. The Labute approximate surface area is 128 Å². The molecule has 0 fully saturated rings. The number of nitrogens with zero attached hydrogens (tertiary/aromatic N) is 1. The van der Waals surface area contributed by atoms with Crippen molar-refractivity contribution in [2.45, 2.75) is 25.9 Å². The fourth-order valence-corrected chi connectivity index (χ4v) is 3.64. The summed E-state index contributed by atoms with van der Waals surface area (Å²) < 4.78 is 0. The summed E-state index contributed by atoms with van der Waals surface area (Å²) >= 11 is 3.55.